The molecule has 0 aliphatic carbocycles. The molecule has 0 bridgehead atoms. The molecule has 0 atom stereocenters. The van der Waals surface area contributed by atoms with Crippen LogP contribution in [0.4, 0.5) is 5.69 Å². The number of hydrogen-bond donors (Lipinski definition) is 2. The zero-order valence-electron chi connectivity index (χ0n) is 14.8. The molecule has 4 aromatic rings. The average Bonchev–Trinajstić information content (AvgIpc) is 3.27. The van der Waals surface area contributed by atoms with E-state index < -0.39 is 0 Å². The number of aromatic amines is 1. The number of hydrogen-bond acceptors (Lipinski definition) is 2. The summed E-state index contributed by atoms with van der Waals surface area (Å²) in [7, 11) is 1.85. The lowest BCUT2D eigenvalue weighted by molar-refractivity contribution is 0.101. The van der Waals surface area contributed by atoms with E-state index in [2.05, 4.69) is 34.3 Å². The van der Waals surface area contributed by atoms with E-state index in [1.165, 1.54) is 5.56 Å². The van der Waals surface area contributed by atoms with E-state index in [0.717, 1.165) is 34.5 Å². The second kappa shape index (κ2) is 6.52. The second-order valence-electron chi connectivity index (χ2n) is 6.33. The number of carbonyl (C=O) groups excluding carboxylic acids is 1. The SMILES string of the molecule is CCc1ccc2nc(-c3ccc(NC(=O)c4cccn4C)cc3)[nH]c2c1. The molecule has 2 aromatic heterocycles. The highest BCUT2D eigenvalue weighted by Gasteiger charge is 2.10. The number of aryl methyl sites for hydroxylation is 2. The van der Waals surface area contributed by atoms with Crippen LogP contribution in [0.3, 0.4) is 0 Å². The van der Waals surface area contributed by atoms with Gasteiger partial charge in [-0.25, -0.2) is 4.98 Å². The zero-order chi connectivity index (χ0) is 18.1. The Morgan fingerprint density at radius 1 is 1.15 bits per heavy atom. The number of fused-ring (bicyclic) bond motifs is 1. The van der Waals surface area contributed by atoms with Crippen LogP contribution in [0.15, 0.2) is 60.8 Å². The van der Waals surface area contributed by atoms with Gasteiger partial charge in [0.15, 0.2) is 0 Å². The van der Waals surface area contributed by atoms with Crippen molar-refractivity contribution in [3.05, 3.63) is 72.1 Å². The highest BCUT2D eigenvalue weighted by Crippen LogP contribution is 2.23. The summed E-state index contributed by atoms with van der Waals surface area (Å²) in [5, 5.41) is 2.92. The van der Waals surface area contributed by atoms with Crippen molar-refractivity contribution in [2.24, 2.45) is 7.05 Å². The van der Waals surface area contributed by atoms with Gasteiger partial charge in [-0.15, -0.1) is 0 Å². The van der Waals surface area contributed by atoms with Crippen LogP contribution in [0.25, 0.3) is 22.4 Å². The number of nitrogens with one attached hydrogen (secondary N) is 2. The molecule has 130 valence electrons. The minimum atomic E-state index is -0.124. The third kappa shape index (κ3) is 2.99. The first kappa shape index (κ1) is 16.1. The van der Waals surface area contributed by atoms with Gasteiger partial charge in [-0.1, -0.05) is 13.0 Å². The van der Waals surface area contributed by atoms with Crippen LogP contribution in [0.1, 0.15) is 23.0 Å². The second-order valence-corrected chi connectivity index (χ2v) is 6.33. The first-order valence-electron chi connectivity index (χ1n) is 8.66. The van der Waals surface area contributed by atoms with E-state index in [9.17, 15) is 4.79 Å². The molecule has 0 spiro atoms. The minimum Gasteiger partial charge on any atom is -0.347 e. The maximum atomic E-state index is 12.3. The number of aromatic nitrogens is 3. The molecule has 0 unspecified atom stereocenters. The average molecular weight is 344 g/mol. The molecule has 0 saturated heterocycles. The molecule has 0 fully saturated rings. The predicted octanol–water partition coefficient (Wildman–Crippen LogP) is 4.38. The molecule has 4 rings (SSSR count). The van der Waals surface area contributed by atoms with Crippen molar-refractivity contribution in [1.82, 2.24) is 14.5 Å². The molecule has 0 aliphatic rings. The van der Waals surface area contributed by atoms with Gasteiger partial charge in [0.1, 0.15) is 11.5 Å². The smallest absolute Gasteiger partial charge is 0.272 e. The molecule has 0 radical (unpaired) electrons. The quantitative estimate of drug-likeness (QED) is 0.577. The highest BCUT2D eigenvalue weighted by atomic mass is 16.1. The van der Waals surface area contributed by atoms with Gasteiger partial charge in [0.2, 0.25) is 0 Å². The minimum absolute atomic E-state index is 0.124. The molecule has 2 N–H and O–H groups in total. The molecule has 26 heavy (non-hydrogen) atoms. The van der Waals surface area contributed by atoms with Gasteiger partial charge in [-0.2, -0.15) is 0 Å². The Labute approximate surface area is 151 Å². The summed E-state index contributed by atoms with van der Waals surface area (Å²) in [6, 6.07) is 17.6. The van der Waals surface area contributed by atoms with Crippen LogP contribution in [-0.2, 0) is 13.5 Å². The van der Waals surface area contributed by atoms with E-state index in [-0.39, 0.29) is 5.91 Å². The van der Waals surface area contributed by atoms with E-state index >= 15 is 0 Å². The van der Waals surface area contributed by atoms with E-state index in [1.54, 1.807) is 10.6 Å². The van der Waals surface area contributed by atoms with Crippen LogP contribution in [-0.4, -0.2) is 20.4 Å². The van der Waals surface area contributed by atoms with Crippen molar-refractivity contribution in [3.63, 3.8) is 0 Å². The number of amides is 1. The van der Waals surface area contributed by atoms with Gasteiger partial charge in [0, 0.05) is 24.5 Å². The van der Waals surface area contributed by atoms with E-state index in [4.69, 9.17) is 0 Å². The third-order valence-corrected chi connectivity index (χ3v) is 4.55. The summed E-state index contributed by atoms with van der Waals surface area (Å²) in [5.41, 5.74) is 5.64. The Morgan fingerprint density at radius 2 is 1.96 bits per heavy atom. The summed E-state index contributed by atoms with van der Waals surface area (Å²) < 4.78 is 1.79. The van der Waals surface area contributed by atoms with Crippen LogP contribution < -0.4 is 5.32 Å². The van der Waals surface area contributed by atoms with Crippen molar-refractivity contribution in [2.75, 3.05) is 5.32 Å². The molecular weight excluding hydrogens is 324 g/mol. The molecule has 0 aliphatic heterocycles. The lowest BCUT2D eigenvalue weighted by Gasteiger charge is -2.06. The number of anilines is 1. The van der Waals surface area contributed by atoms with Gasteiger partial charge >= 0.3 is 0 Å². The van der Waals surface area contributed by atoms with Crippen molar-refractivity contribution >= 4 is 22.6 Å². The van der Waals surface area contributed by atoms with Crippen LogP contribution >= 0.6 is 0 Å². The summed E-state index contributed by atoms with van der Waals surface area (Å²) >= 11 is 0. The molecule has 2 aromatic carbocycles. The largest absolute Gasteiger partial charge is 0.347 e. The fraction of sp³-hybridized carbons (Fsp3) is 0.143. The van der Waals surface area contributed by atoms with Crippen molar-refractivity contribution in [2.45, 2.75) is 13.3 Å². The van der Waals surface area contributed by atoms with E-state index in [1.807, 2.05) is 49.6 Å². The van der Waals surface area contributed by atoms with Crippen molar-refractivity contribution < 1.29 is 4.79 Å². The lowest BCUT2D eigenvalue weighted by Crippen LogP contribution is -2.15. The number of rotatable bonds is 4. The Kier molecular flexibility index (Phi) is 4.05. The Hall–Kier alpha value is -3.34. The maximum absolute atomic E-state index is 12.3. The summed E-state index contributed by atoms with van der Waals surface area (Å²) in [5.74, 6) is 0.703. The Morgan fingerprint density at radius 3 is 2.65 bits per heavy atom. The number of nitrogens with zero attached hydrogens (tertiary/aromatic N) is 2. The molecular formula is C21H20N4O. The normalized spacial score (nSPS) is 11.0. The molecule has 5 heteroatoms. The topological polar surface area (TPSA) is 62.7 Å². The summed E-state index contributed by atoms with van der Waals surface area (Å²) in [4.78, 5) is 20.3. The molecule has 1 amide bonds. The Balaban J connectivity index is 1.56. The van der Waals surface area contributed by atoms with Crippen LogP contribution in [0.2, 0.25) is 0 Å². The standard InChI is InChI=1S/C21H20N4O/c1-3-14-6-11-17-18(13-14)24-20(23-17)15-7-9-16(10-8-15)22-21(26)19-5-4-12-25(19)2/h4-13H,3H2,1-2H3,(H,22,26)(H,23,24). The summed E-state index contributed by atoms with van der Waals surface area (Å²) in [6.07, 6.45) is 2.85. The van der Waals surface area contributed by atoms with Gasteiger partial charge in [0.25, 0.3) is 5.91 Å². The Bertz CT molecular complexity index is 1070. The molecule has 0 saturated carbocycles. The first-order chi connectivity index (χ1) is 12.6. The summed E-state index contributed by atoms with van der Waals surface area (Å²) in [6.45, 7) is 2.14. The number of imidazole rings is 1. The molecule has 5 nitrogen and oxygen atoms in total. The van der Waals surface area contributed by atoms with Gasteiger partial charge in [-0.05, 0) is 60.5 Å². The lowest BCUT2D eigenvalue weighted by atomic mass is 10.1. The van der Waals surface area contributed by atoms with Crippen LogP contribution in [0.5, 0.6) is 0 Å². The van der Waals surface area contributed by atoms with Crippen molar-refractivity contribution in [3.8, 4) is 11.4 Å². The van der Waals surface area contributed by atoms with Crippen molar-refractivity contribution in [1.29, 1.82) is 0 Å². The van der Waals surface area contributed by atoms with Gasteiger partial charge < -0.3 is 14.9 Å². The zero-order valence-corrected chi connectivity index (χ0v) is 14.8. The van der Waals surface area contributed by atoms with E-state index in [0.29, 0.717) is 5.69 Å². The molecule has 2 heterocycles. The fourth-order valence-corrected chi connectivity index (χ4v) is 3.02. The highest BCUT2D eigenvalue weighted by molar-refractivity contribution is 6.03. The monoisotopic (exact) mass is 344 g/mol. The van der Waals surface area contributed by atoms with Gasteiger partial charge in [-0.3, -0.25) is 4.79 Å². The fourth-order valence-electron chi connectivity index (χ4n) is 3.02. The third-order valence-electron chi connectivity index (χ3n) is 4.55. The number of benzene rings is 2. The van der Waals surface area contributed by atoms with Gasteiger partial charge in [0.05, 0.1) is 11.0 Å². The number of H-pyrrole nitrogens is 1. The number of carbonyl (C=O) groups is 1. The maximum Gasteiger partial charge on any atom is 0.272 e. The predicted molar refractivity (Wildman–Crippen MR) is 104 cm³/mol. The first-order valence-corrected chi connectivity index (χ1v) is 8.66. The van der Waals surface area contributed by atoms with Crippen LogP contribution in [0, 0.1) is 0 Å².